The monoisotopic (exact) mass is 472 g/mol. The molecule has 0 fully saturated rings. The largest absolute Gasteiger partial charge is 0.493 e. The third-order valence-corrected chi connectivity index (χ3v) is 5.72. The number of methoxy groups -OCH3 is 4. The number of aromatic nitrogens is 3. The van der Waals surface area contributed by atoms with Gasteiger partial charge in [-0.05, 0) is 24.3 Å². The topological polar surface area (TPSA) is 114 Å². The first kappa shape index (κ1) is 23.9. The number of nitrogens with one attached hydrogen (secondary N) is 1. The second kappa shape index (κ2) is 10.7. The summed E-state index contributed by atoms with van der Waals surface area (Å²) in [4.78, 5) is 24.4. The average molecular weight is 473 g/mol. The number of anilines is 1. The first-order valence-electron chi connectivity index (χ1n) is 9.73. The molecule has 0 saturated heterocycles. The quantitative estimate of drug-likeness (QED) is 0.371. The summed E-state index contributed by atoms with van der Waals surface area (Å²) in [6.07, 6.45) is 0. The maximum Gasteiger partial charge on any atom is 0.339 e. The van der Waals surface area contributed by atoms with Crippen molar-refractivity contribution in [2.45, 2.75) is 5.16 Å². The molecule has 33 heavy (non-hydrogen) atoms. The first-order chi connectivity index (χ1) is 15.9. The van der Waals surface area contributed by atoms with Gasteiger partial charge in [-0.25, -0.2) is 4.79 Å². The number of esters is 1. The molecule has 0 spiro atoms. The molecule has 0 bridgehead atoms. The van der Waals surface area contributed by atoms with Crippen LogP contribution >= 0.6 is 11.8 Å². The number of hydrogen-bond acceptors (Lipinski definition) is 9. The molecule has 1 N–H and O–H groups in total. The summed E-state index contributed by atoms with van der Waals surface area (Å²) in [5.74, 6) is 1.27. The average Bonchev–Trinajstić information content (AvgIpc) is 3.21. The Morgan fingerprint density at radius 2 is 1.67 bits per heavy atom. The van der Waals surface area contributed by atoms with Crippen LogP contribution in [0.1, 0.15) is 10.4 Å². The molecule has 0 aliphatic carbocycles. The molecular weight excluding hydrogens is 448 g/mol. The highest BCUT2D eigenvalue weighted by Gasteiger charge is 2.19. The smallest absolute Gasteiger partial charge is 0.339 e. The molecular formula is C22H24N4O6S. The Labute approximate surface area is 195 Å². The second-order valence-corrected chi connectivity index (χ2v) is 7.60. The molecule has 0 unspecified atom stereocenters. The van der Waals surface area contributed by atoms with E-state index in [9.17, 15) is 9.59 Å². The lowest BCUT2D eigenvalue weighted by atomic mass is 10.1. The Balaban J connectivity index is 1.75. The van der Waals surface area contributed by atoms with Crippen molar-refractivity contribution < 1.29 is 28.5 Å². The van der Waals surface area contributed by atoms with E-state index in [0.717, 1.165) is 0 Å². The van der Waals surface area contributed by atoms with Gasteiger partial charge in [0.2, 0.25) is 11.7 Å². The number of para-hydroxylation sites is 1. The van der Waals surface area contributed by atoms with E-state index in [4.69, 9.17) is 18.9 Å². The van der Waals surface area contributed by atoms with Gasteiger partial charge in [-0.15, -0.1) is 10.2 Å². The summed E-state index contributed by atoms with van der Waals surface area (Å²) in [6, 6.07) is 10.2. The van der Waals surface area contributed by atoms with Crippen molar-refractivity contribution in [3.63, 3.8) is 0 Å². The van der Waals surface area contributed by atoms with E-state index in [1.54, 1.807) is 48.0 Å². The number of hydrogen-bond donors (Lipinski definition) is 1. The van der Waals surface area contributed by atoms with Gasteiger partial charge in [-0.3, -0.25) is 4.79 Å². The molecule has 3 rings (SSSR count). The summed E-state index contributed by atoms with van der Waals surface area (Å²) in [6.45, 7) is 0. The Hall–Kier alpha value is -3.73. The Kier molecular flexibility index (Phi) is 7.78. The van der Waals surface area contributed by atoms with E-state index in [1.165, 1.54) is 40.2 Å². The fraction of sp³-hybridized carbons (Fsp3) is 0.273. The van der Waals surface area contributed by atoms with E-state index in [0.29, 0.717) is 39.5 Å². The van der Waals surface area contributed by atoms with Gasteiger partial charge in [-0.2, -0.15) is 0 Å². The van der Waals surface area contributed by atoms with Gasteiger partial charge < -0.3 is 28.8 Å². The Morgan fingerprint density at radius 3 is 2.27 bits per heavy atom. The highest BCUT2D eigenvalue weighted by Crippen LogP contribution is 2.41. The number of rotatable bonds is 9. The van der Waals surface area contributed by atoms with E-state index < -0.39 is 5.97 Å². The molecule has 1 heterocycles. The minimum absolute atomic E-state index is 0.0662. The van der Waals surface area contributed by atoms with Crippen LogP contribution in [-0.4, -0.2) is 60.8 Å². The highest BCUT2D eigenvalue weighted by atomic mass is 32.2. The van der Waals surface area contributed by atoms with Crippen molar-refractivity contribution in [2.24, 2.45) is 7.05 Å². The number of nitrogens with zero attached hydrogens (tertiary/aromatic N) is 3. The van der Waals surface area contributed by atoms with E-state index >= 15 is 0 Å². The standard InChI is InChI=1S/C22H24N4O6S/c1-26-20(13-10-16(29-2)19(31-4)17(11-13)30-3)24-25-22(26)33-12-18(27)23-15-9-7-6-8-14(15)21(28)32-5/h6-11H,12H2,1-5H3,(H,23,27). The number of amides is 1. The van der Waals surface area contributed by atoms with Crippen molar-refractivity contribution in [3.8, 4) is 28.6 Å². The zero-order valence-corrected chi connectivity index (χ0v) is 19.7. The molecule has 11 heteroatoms. The summed E-state index contributed by atoms with van der Waals surface area (Å²) in [5, 5.41) is 11.7. The first-order valence-corrected chi connectivity index (χ1v) is 10.7. The fourth-order valence-corrected chi connectivity index (χ4v) is 3.81. The van der Waals surface area contributed by atoms with Crippen molar-refractivity contribution in [2.75, 3.05) is 39.5 Å². The summed E-state index contributed by atoms with van der Waals surface area (Å²) in [5.41, 5.74) is 1.37. The van der Waals surface area contributed by atoms with E-state index in [-0.39, 0.29) is 17.2 Å². The van der Waals surface area contributed by atoms with Crippen molar-refractivity contribution in [1.82, 2.24) is 14.8 Å². The molecule has 10 nitrogen and oxygen atoms in total. The minimum atomic E-state index is -0.526. The zero-order valence-electron chi connectivity index (χ0n) is 18.9. The molecule has 0 saturated carbocycles. The number of ether oxygens (including phenoxy) is 4. The molecule has 2 aromatic carbocycles. The van der Waals surface area contributed by atoms with Crippen LogP contribution in [0.15, 0.2) is 41.6 Å². The molecule has 174 valence electrons. The van der Waals surface area contributed by atoms with Crippen LogP contribution in [0, 0.1) is 0 Å². The lowest BCUT2D eigenvalue weighted by Gasteiger charge is -2.14. The Bertz CT molecular complexity index is 1140. The molecule has 0 atom stereocenters. The van der Waals surface area contributed by atoms with E-state index in [1.807, 2.05) is 0 Å². The highest BCUT2D eigenvalue weighted by molar-refractivity contribution is 7.99. The van der Waals surface area contributed by atoms with Gasteiger partial charge in [0.05, 0.1) is 45.4 Å². The van der Waals surface area contributed by atoms with Crippen LogP contribution in [0.5, 0.6) is 17.2 Å². The predicted molar refractivity (Wildman–Crippen MR) is 123 cm³/mol. The van der Waals surface area contributed by atoms with Crippen LogP contribution in [0.2, 0.25) is 0 Å². The lowest BCUT2D eigenvalue weighted by molar-refractivity contribution is -0.113. The number of carbonyl (C=O) groups excluding carboxylic acids is 2. The fourth-order valence-electron chi connectivity index (χ4n) is 3.10. The zero-order chi connectivity index (χ0) is 24.0. The molecule has 3 aromatic rings. The SMILES string of the molecule is COC(=O)c1ccccc1NC(=O)CSc1nnc(-c2cc(OC)c(OC)c(OC)c2)n1C. The van der Waals surface area contributed by atoms with Crippen LogP contribution in [0.3, 0.4) is 0 Å². The van der Waals surface area contributed by atoms with Crippen LogP contribution in [0.4, 0.5) is 5.69 Å². The molecule has 0 aliphatic heterocycles. The molecule has 1 amide bonds. The molecule has 0 radical (unpaired) electrons. The Morgan fingerprint density at radius 1 is 1.00 bits per heavy atom. The minimum Gasteiger partial charge on any atom is -0.493 e. The lowest BCUT2D eigenvalue weighted by Crippen LogP contribution is -2.17. The van der Waals surface area contributed by atoms with Crippen molar-refractivity contribution >= 4 is 29.3 Å². The van der Waals surface area contributed by atoms with Crippen LogP contribution in [-0.2, 0) is 16.6 Å². The van der Waals surface area contributed by atoms with Crippen molar-refractivity contribution in [3.05, 3.63) is 42.0 Å². The van der Waals surface area contributed by atoms with Crippen molar-refractivity contribution in [1.29, 1.82) is 0 Å². The summed E-state index contributed by atoms with van der Waals surface area (Å²) in [7, 11) is 7.69. The van der Waals surface area contributed by atoms with Gasteiger partial charge in [0.1, 0.15) is 0 Å². The maximum atomic E-state index is 12.5. The maximum absolute atomic E-state index is 12.5. The second-order valence-electron chi connectivity index (χ2n) is 6.65. The van der Waals surface area contributed by atoms with Gasteiger partial charge >= 0.3 is 5.97 Å². The number of thioether (sulfide) groups is 1. The number of carbonyl (C=O) groups is 2. The molecule has 0 aliphatic rings. The normalized spacial score (nSPS) is 10.5. The van der Waals surface area contributed by atoms with Gasteiger partial charge in [-0.1, -0.05) is 23.9 Å². The van der Waals surface area contributed by atoms with Crippen LogP contribution in [0.25, 0.3) is 11.4 Å². The van der Waals surface area contributed by atoms with Gasteiger partial charge in [0, 0.05) is 12.6 Å². The predicted octanol–water partition coefficient (Wildman–Crippen LogP) is 3.03. The van der Waals surface area contributed by atoms with E-state index in [2.05, 4.69) is 15.5 Å². The van der Waals surface area contributed by atoms with Crippen LogP contribution < -0.4 is 19.5 Å². The van der Waals surface area contributed by atoms with Gasteiger partial charge in [0.15, 0.2) is 22.5 Å². The molecule has 1 aromatic heterocycles. The summed E-state index contributed by atoms with van der Waals surface area (Å²) >= 11 is 1.21. The van der Waals surface area contributed by atoms with Gasteiger partial charge in [0.25, 0.3) is 0 Å². The third-order valence-electron chi connectivity index (χ3n) is 4.70. The number of benzene rings is 2. The summed E-state index contributed by atoms with van der Waals surface area (Å²) < 4.78 is 22.7. The third kappa shape index (κ3) is 5.20.